The largest absolute Gasteiger partial charge is 0.369 e. The summed E-state index contributed by atoms with van der Waals surface area (Å²) >= 11 is 3.39. The summed E-state index contributed by atoms with van der Waals surface area (Å²) in [5.41, 5.74) is 1.84. The number of hydrogen-bond acceptors (Lipinski definition) is 4. The number of anilines is 1. The van der Waals surface area contributed by atoms with Crippen molar-refractivity contribution in [3.63, 3.8) is 0 Å². The quantitative estimate of drug-likeness (QED) is 0.604. The Hall–Kier alpha value is -2.41. The number of hydrogen-bond donors (Lipinski definition) is 1. The lowest BCUT2D eigenvalue weighted by atomic mass is 10.1. The Labute approximate surface area is 148 Å². The third-order valence-corrected chi connectivity index (χ3v) is 4.25. The summed E-state index contributed by atoms with van der Waals surface area (Å²) in [6.45, 7) is 0.627. The molecule has 0 fully saturated rings. The minimum absolute atomic E-state index is 0.0746. The SMILES string of the molecule is CNC(=O)c1ccc(N(C)CCc2ccc(Br)cc2)c([N+](=O)[O-])c1. The van der Waals surface area contributed by atoms with Gasteiger partial charge in [-0.1, -0.05) is 28.1 Å². The van der Waals surface area contributed by atoms with Crippen LogP contribution in [0.5, 0.6) is 0 Å². The Morgan fingerprint density at radius 1 is 1.25 bits per heavy atom. The maximum absolute atomic E-state index is 11.7. The topological polar surface area (TPSA) is 75.5 Å². The van der Waals surface area contributed by atoms with Crippen LogP contribution in [0.4, 0.5) is 11.4 Å². The molecule has 1 N–H and O–H groups in total. The second kappa shape index (κ2) is 7.92. The fourth-order valence-electron chi connectivity index (χ4n) is 2.35. The van der Waals surface area contributed by atoms with Crippen molar-refractivity contribution in [1.29, 1.82) is 0 Å². The summed E-state index contributed by atoms with van der Waals surface area (Å²) < 4.78 is 1.01. The Morgan fingerprint density at radius 3 is 2.50 bits per heavy atom. The van der Waals surface area contributed by atoms with E-state index in [1.807, 2.05) is 29.2 Å². The monoisotopic (exact) mass is 391 g/mol. The van der Waals surface area contributed by atoms with Crippen molar-refractivity contribution >= 4 is 33.2 Å². The molecule has 0 heterocycles. The van der Waals surface area contributed by atoms with Crippen molar-refractivity contribution < 1.29 is 9.72 Å². The first kappa shape index (κ1) is 17.9. The second-order valence-electron chi connectivity index (χ2n) is 5.34. The number of nitro groups is 1. The van der Waals surface area contributed by atoms with E-state index in [2.05, 4.69) is 21.2 Å². The Kier molecular flexibility index (Phi) is 5.92. The summed E-state index contributed by atoms with van der Waals surface area (Å²) in [6.07, 6.45) is 0.762. The molecule has 6 nitrogen and oxygen atoms in total. The van der Waals surface area contributed by atoms with E-state index in [1.54, 1.807) is 19.2 Å². The van der Waals surface area contributed by atoms with Crippen molar-refractivity contribution in [1.82, 2.24) is 5.32 Å². The molecule has 2 aromatic rings. The molecule has 7 heteroatoms. The van der Waals surface area contributed by atoms with Crippen molar-refractivity contribution in [2.75, 3.05) is 25.5 Å². The van der Waals surface area contributed by atoms with Gasteiger partial charge in [0.05, 0.1) is 4.92 Å². The minimum Gasteiger partial charge on any atom is -0.369 e. The third kappa shape index (κ3) is 4.32. The summed E-state index contributed by atoms with van der Waals surface area (Å²) in [6, 6.07) is 12.5. The molecule has 0 radical (unpaired) electrons. The van der Waals surface area contributed by atoms with E-state index < -0.39 is 4.92 Å². The first-order valence-corrected chi connectivity index (χ1v) is 8.17. The van der Waals surface area contributed by atoms with Gasteiger partial charge in [0, 0.05) is 36.7 Å². The molecular formula is C17H18BrN3O3. The molecule has 0 aliphatic heterocycles. The fourth-order valence-corrected chi connectivity index (χ4v) is 2.61. The first-order chi connectivity index (χ1) is 11.4. The van der Waals surface area contributed by atoms with Crippen LogP contribution in [0.25, 0.3) is 0 Å². The summed E-state index contributed by atoms with van der Waals surface area (Å²) in [4.78, 5) is 24.4. The highest BCUT2D eigenvalue weighted by Gasteiger charge is 2.19. The normalized spacial score (nSPS) is 10.3. The Morgan fingerprint density at radius 2 is 1.92 bits per heavy atom. The molecule has 0 unspecified atom stereocenters. The standard InChI is InChI=1S/C17H18BrN3O3/c1-19-17(22)13-5-8-15(16(11-13)21(23)24)20(2)10-9-12-3-6-14(18)7-4-12/h3-8,11H,9-10H2,1-2H3,(H,19,22). The molecule has 2 rings (SSSR count). The van der Waals surface area contributed by atoms with Gasteiger partial charge in [-0.05, 0) is 36.2 Å². The van der Waals surface area contributed by atoms with Crippen LogP contribution < -0.4 is 10.2 Å². The van der Waals surface area contributed by atoms with Crippen molar-refractivity contribution in [3.05, 3.63) is 68.2 Å². The van der Waals surface area contributed by atoms with Gasteiger partial charge < -0.3 is 10.2 Å². The zero-order valence-electron chi connectivity index (χ0n) is 13.5. The van der Waals surface area contributed by atoms with Crippen LogP contribution in [0.1, 0.15) is 15.9 Å². The molecule has 0 spiro atoms. The van der Waals surface area contributed by atoms with Gasteiger partial charge >= 0.3 is 0 Å². The summed E-state index contributed by atoms with van der Waals surface area (Å²) in [5, 5.41) is 13.8. The predicted octanol–water partition coefficient (Wildman–Crippen LogP) is 3.40. The number of likely N-dealkylation sites (N-methyl/N-ethyl adjacent to an activating group) is 1. The zero-order valence-corrected chi connectivity index (χ0v) is 15.0. The van der Waals surface area contributed by atoms with Gasteiger partial charge in [0.15, 0.2) is 0 Å². The maximum atomic E-state index is 11.7. The maximum Gasteiger partial charge on any atom is 0.293 e. The molecule has 2 aromatic carbocycles. The summed E-state index contributed by atoms with van der Waals surface area (Å²) in [7, 11) is 3.30. The highest BCUT2D eigenvalue weighted by atomic mass is 79.9. The molecule has 126 valence electrons. The molecule has 0 aliphatic carbocycles. The van der Waals surface area contributed by atoms with E-state index in [1.165, 1.54) is 13.1 Å². The molecule has 0 atom stereocenters. The lowest BCUT2D eigenvalue weighted by molar-refractivity contribution is -0.384. The number of nitro benzene ring substituents is 1. The van der Waals surface area contributed by atoms with E-state index in [0.717, 1.165) is 16.5 Å². The number of nitrogens with one attached hydrogen (secondary N) is 1. The highest BCUT2D eigenvalue weighted by molar-refractivity contribution is 9.10. The number of halogens is 1. The first-order valence-electron chi connectivity index (χ1n) is 7.38. The van der Waals surface area contributed by atoms with E-state index in [9.17, 15) is 14.9 Å². The van der Waals surface area contributed by atoms with Crippen LogP contribution in [0.15, 0.2) is 46.9 Å². The number of carbonyl (C=O) groups is 1. The molecule has 0 saturated heterocycles. The van der Waals surface area contributed by atoms with Gasteiger partial charge in [0.25, 0.3) is 11.6 Å². The smallest absolute Gasteiger partial charge is 0.293 e. The van der Waals surface area contributed by atoms with Gasteiger partial charge in [-0.2, -0.15) is 0 Å². The van der Waals surface area contributed by atoms with Crippen LogP contribution >= 0.6 is 15.9 Å². The predicted molar refractivity (Wildman–Crippen MR) is 97.6 cm³/mol. The van der Waals surface area contributed by atoms with E-state index >= 15 is 0 Å². The van der Waals surface area contributed by atoms with Crippen LogP contribution in [-0.2, 0) is 6.42 Å². The lowest BCUT2D eigenvalue weighted by Crippen LogP contribution is -2.22. The van der Waals surface area contributed by atoms with Gasteiger partial charge in [-0.3, -0.25) is 14.9 Å². The van der Waals surface area contributed by atoms with E-state index in [-0.39, 0.29) is 17.2 Å². The fraction of sp³-hybridized carbons (Fsp3) is 0.235. The van der Waals surface area contributed by atoms with Crippen LogP contribution in [-0.4, -0.2) is 31.5 Å². The molecule has 0 aliphatic rings. The van der Waals surface area contributed by atoms with Gasteiger partial charge in [0.1, 0.15) is 5.69 Å². The molecular weight excluding hydrogens is 374 g/mol. The lowest BCUT2D eigenvalue weighted by Gasteiger charge is -2.19. The number of carbonyl (C=O) groups excluding carboxylic acids is 1. The van der Waals surface area contributed by atoms with Crippen molar-refractivity contribution in [2.24, 2.45) is 0 Å². The summed E-state index contributed by atoms with van der Waals surface area (Å²) in [5.74, 6) is -0.345. The van der Waals surface area contributed by atoms with Crippen LogP contribution in [0, 0.1) is 10.1 Å². The van der Waals surface area contributed by atoms with Crippen molar-refractivity contribution in [3.8, 4) is 0 Å². The van der Waals surface area contributed by atoms with Gasteiger partial charge in [-0.15, -0.1) is 0 Å². The zero-order chi connectivity index (χ0) is 17.7. The minimum atomic E-state index is -0.460. The Balaban J connectivity index is 2.18. The molecule has 1 amide bonds. The number of benzene rings is 2. The number of amides is 1. The van der Waals surface area contributed by atoms with Crippen LogP contribution in [0.2, 0.25) is 0 Å². The average Bonchev–Trinajstić information content (AvgIpc) is 2.59. The second-order valence-corrected chi connectivity index (χ2v) is 6.25. The number of nitrogens with zero attached hydrogens (tertiary/aromatic N) is 2. The van der Waals surface area contributed by atoms with Gasteiger partial charge in [-0.25, -0.2) is 0 Å². The molecule has 24 heavy (non-hydrogen) atoms. The third-order valence-electron chi connectivity index (χ3n) is 3.72. The van der Waals surface area contributed by atoms with E-state index in [4.69, 9.17) is 0 Å². The molecule has 0 aromatic heterocycles. The molecule has 0 bridgehead atoms. The highest BCUT2D eigenvalue weighted by Crippen LogP contribution is 2.28. The van der Waals surface area contributed by atoms with E-state index in [0.29, 0.717) is 12.2 Å². The number of rotatable bonds is 6. The van der Waals surface area contributed by atoms with Gasteiger partial charge in [0.2, 0.25) is 0 Å². The Bertz CT molecular complexity index is 747. The van der Waals surface area contributed by atoms with Crippen molar-refractivity contribution in [2.45, 2.75) is 6.42 Å². The van der Waals surface area contributed by atoms with Crippen LogP contribution in [0.3, 0.4) is 0 Å². The average molecular weight is 392 g/mol. The molecule has 0 saturated carbocycles.